The fourth-order valence-electron chi connectivity index (χ4n) is 2.95. The van der Waals surface area contributed by atoms with Crippen LogP contribution < -0.4 is 0 Å². The highest BCUT2D eigenvalue weighted by Crippen LogP contribution is 2.48. The van der Waals surface area contributed by atoms with Crippen LogP contribution in [-0.4, -0.2) is 25.2 Å². The molecular weight excluding hydrogens is 220 g/mol. The van der Waals surface area contributed by atoms with E-state index in [1.807, 2.05) is 0 Å². The van der Waals surface area contributed by atoms with Crippen molar-refractivity contribution in [2.24, 2.45) is 23.7 Å². The SMILES string of the molecule is CC(=O)OCC1C(COC(C)=O)[C@H]2C=C[C@@H]1C2. The summed E-state index contributed by atoms with van der Waals surface area (Å²) >= 11 is 0. The van der Waals surface area contributed by atoms with Crippen LogP contribution in [0.25, 0.3) is 0 Å². The molecule has 4 atom stereocenters. The minimum atomic E-state index is -0.247. The first-order chi connectivity index (χ1) is 8.08. The van der Waals surface area contributed by atoms with Gasteiger partial charge in [-0.25, -0.2) is 0 Å². The lowest BCUT2D eigenvalue weighted by Gasteiger charge is -2.26. The zero-order valence-electron chi connectivity index (χ0n) is 10.2. The van der Waals surface area contributed by atoms with E-state index in [1.54, 1.807) is 0 Å². The maximum absolute atomic E-state index is 10.9. The second-order valence-corrected chi connectivity index (χ2v) is 4.88. The average Bonchev–Trinajstić information content (AvgIpc) is 2.83. The molecule has 0 spiro atoms. The van der Waals surface area contributed by atoms with Crippen molar-refractivity contribution >= 4 is 11.9 Å². The molecule has 0 radical (unpaired) electrons. The van der Waals surface area contributed by atoms with Gasteiger partial charge in [-0.3, -0.25) is 9.59 Å². The van der Waals surface area contributed by atoms with Crippen molar-refractivity contribution in [3.05, 3.63) is 12.2 Å². The van der Waals surface area contributed by atoms with Crippen LogP contribution in [0.2, 0.25) is 0 Å². The average molecular weight is 238 g/mol. The first-order valence-electron chi connectivity index (χ1n) is 6.03. The molecule has 0 aromatic carbocycles. The van der Waals surface area contributed by atoms with Crippen LogP contribution >= 0.6 is 0 Å². The summed E-state index contributed by atoms with van der Waals surface area (Å²) in [6.45, 7) is 3.72. The zero-order valence-corrected chi connectivity index (χ0v) is 10.2. The molecule has 1 fully saturated rings. The van der Waals surface area contributed by atoms with Gasteiger partial charge in [-0.2, -0.15) is 0 Å². The highest BCUT2D eigenvalue weighted by molar-refractivity contribution is 5.66. The molecule has 4 nitrogen and oxygen atoms in total. The van der Waals surface area contributed by atoms with Crippen molar-refractivity contribution in [1.82, 2.24) is 0 Å². The minimum Gasteiger partial charge on any atom is -0.466 e. The van der Waals surface area contributed by atoms with Crippen molar-refractivity contribution in [2.75, 3.05) is 13.2 Å². The second kappa shape index (κ2) is 4.90. The number of hydrogen-bond acceptors (Lipinski definition) is 4. The van der Waals surface area contributed by atoms with E-state index >= 15 is 0 Å². The standard InChI is InChI=1S/C13H18O4/c1-8(14)16-6-12-10-3-4-11(5-10)13(12)7-17-9(2)15/h3-4,10-13H,5-7H2,1-2H3/t10-,11+,12?,13?. The van der Waals surface area contributed by atoms with Crippen molar-refractivity contribution < 1.29 is 19.1 Å². The predicted octanol–water partition coefficient (Wildman–Crippen LogP) is 1.55. The Bertz CT molecular complexity index is 315. The molecule has 0 N–H and O–H groups in total. The lowest BCUT2D eigenvalue weighted by atomic mass is 9.84. The van der Waals surface area contributed by atoms with E-state index in [0.717, 1.165) is 6.42 Å². The third-order valence-corrected chi connectivity index (χ3v) is 3.76. The molecule has 2 unspecified atom stereocenters. The van der Waals surface area contributed by atoms with Gasteiger partial charge in [-0.1, -0.05) is 12.2 Å². The van der Waals surface area contributed by atoms with Gasteiger partial charge in [0.2, 0.25) is 0 Å². The van der Waals surface area contributed by atoms with Gasteiger partial charge in [0.15, 0.2) is 0 Å². The summed E-state index contributed by atoms with van der Waals surface area (Å²) in [6, 6.07) is 0. The smallest absolute Gasteiger partial charge is 0.302 e. The molecular formula is C13H18O4. The molecule has 0 amide bonds. The van der Waals surface area contributed by atoms with Gasteiger partial charge in [0.25, 0.3) is 0 Å². The molecule has 17 heavy (non-hydrogen) atoms. The molecule has 2 bridgehead atoms. The Morgan fingerprint density at radius 3 is 1.76 bits per heavy atom. The molecule has 1 saturated carbocycles. The Labute approximate surface area is 101 Å². The highest BCUT2D eigenvalue weighted by atomic mass is 16.5. The van der Waals surface area contributed by atoms with Gasteiger partial charge >= 0.3 is 11.9 Å². The third kappa shape index (κ3) is 2.68. The normalized spacial score (nSPS) is 33.8. The summed E-state index contributed by atoms with van der Waals surface area (Å²) in [5, 5.41) is 0. The van der Waals surface area contributed by atoms with Gasteiger partial charge < -0.3 is 9.47 Å². The largest absolute Gasteiger partial charge is 0.466 e. The summed E-state index contributed by atoms with van der Waals surface area (Å²) < 4.78 is 10.2. The summed E-state index contributed by atoms with van der Waals surface area (Å²) in [6.07, 6.45) is 5.49. The highest BCUT2D eigenvalue weighted by Gasteiger charge is 2.45. The van der Waals surface area contributed by atoms with Gasteiger partial charge in [0.05, 0.1) is 13.2 Å². The van der Waals surface area contributed by atoms with Crippen LogP contribution in [0.1, 0.15) is 20.3 Å². The van der Waals surface area contributed by atoms with Crippen molar-refractivity contribution in [2.45, 2.75) is 20.3 Å². The second-order valence-electron chi connectivity index (χ2n) is 4.88. The van der Waals surface area contributed by atoms with Crippen molar-refractivity contribution in [3.63, 3.8) is 0 Å². The number of allylic oxidation sites excluding steroid dienone is 2. The Balaban J connectivity index is 1.94. The summed E-state index contributed by atoms with van der Waals surface area (Å²) in [5.41, 5.74) is 0. The molecule has 2 aliphatic rings. The molecule has 0 aliphatic heterocycles. The van der Waals surface area contributed by atoms with Crippen LogP contribution in [0.4, 0.5) is 0 Å². The topological polar surface area (TPSA) is 52.6 Å². The summed E-state index contributed by atoms with van der Waals surface area (Å²) in [5.74, 6) is 1.05. The van der Waals surface area contributed by atoms with Gasteiger partial charge in [0.1, 0.15) is 0 Å². The quantitative estimate of drug-likeness (QED) is 0.551. The van der Waals surface area contributed by atoms with Crippen molar-refractivity contribution in [1.29, 1.82) is 0 Å². The van der Waals surface area contributed by atoms with E-state index < -0.39 is 0 Å². The number of carbonyl (C=O) groups is 2. The van der Waals surface area contributed by atoms with Crippen LogP contribution in [0, 0.1) is 23.7 Å². The minimum absolute atomic E-state index is 0.247. The van der Waals surface area contributed by atoms with Crippen LogP contribution in [-0.2, 0) is 19.1 Å². The van der Waals surface area contributed by atoms with Crippen LogP contribution in [0.5, 0.6) is 0 Å². The van der Waals surface area contributed by atoms with E-state index in [-0.39, 0.29) is 11.9 Å². The molecule has 0 saturated heterocycles. The Hall–Kier alpha value is -1.32. The molecule has 4 heteroatoms. The lowest BCUT2D eigenvalue weighted by molar-refractivity contribution is -0.147. The number of fused-ring (bicyclic) bond motifs is 2. The Morgan fingerprint density at radius 2 is 1.41 bits per heavy atom. The van der Waals surface area contributed by atoms with E-state index in [4.69, 9.17) is 9.47 Å². The fraction of sp³-hybridized carbons (Fsp3) is 0.692. The predicted molar refractivity (Wildman–Crippen MR) is 61.0 cm³/mol. The number of rotatable bonds is 4. The van der Waals surface area contributed by atoms with Gasteiger partial charge in [-0.15, -0.1) is 0 Å². The molecule has 0 aromatic rings. The van der Waals surface area contributed by atoms with Crippen molar-refractivity contribution in [3.8, 4) is 0 Å². The van der Waals surface area contributed by atoms with E-state index in [2.05, 4.69) is 12.2 Å². The summed E-state index contributed by atoms with van der Waals surface area (Å²) in [7, 11) is 0. The Morgan fingerprint density at radius 1 is 1.00 bits per heavy atom. The van der Waals surface area contributed by atoms with Crippen LogP contribution in [0.15, 0.2) is 12.2 Å². The third-order valence-electron chi connectivity index (χ3n) is 3.76. The molecule has 2 rings (SSSR count). The Kier molecular flexibility index (Phi) is 3.50. The van der Waals surface area contributed by atoms with E-state index in [1.165, 1.54) is 13.8 Å². The number of carbonyl (C=O) groups excluding carboxylic acids is 2. The number of hydrogen-bond donors (Lipinski definition) is 0. The van der Waals surface area contributed by atoms with E-state index in [0.29, 0.717) is 36.9 Å². The number of esters is 2. The maximum atomic E-state index is 10.9. The fourth-order valence-corrected chi connectivity index (χ4v) is 2.95. The van der Waals surface area contributed by atoms with Gasteiger partial charge in [-0.05, 0) is 18.3 Å². The first-order valence-corrected chi connectivity index (χ1v) is 6.03. The zero-order chi connectivity index (χ0) is 12.4. The van der Waals surface area contributed by atoms with E-state index in [9.17, 15) is 9.59 Å². The summed E-state index contributed by atoms with van der Waals surface area (Å²) in [4.78, 5) is 21.7. The molecule has 0 aromatic heterocycles. The van der Waals surface area contributed by atoms with Gasteiger partial charge in [0, 0.05) is 25.7 Å². The van der Waals surface area contributed by atoms with Crippen LogP contribution in [0.3, 0.4) is 0 Å². The lowest BCUT2D eigenvalue weighted by Crippen LogP contribution is -2.29. The number of ether oxygens (including phenoxy) is 2. The monoisotopic (exact) mass is 238 g/mol. The molecule has 2 aliphatic carbocycles. The maximum Gasteiger partial charge on any atom is 0.302 e. The molecule has 0 heterocycles. The first kappa shape index (κ1) is 12.1. The molecule has 94 valence electrons.